The van der Waals surface area contributed by atoms with E-state index in [0.717, 1.165) is 0 Å². The molecule has 0 bridgehead atoms. The molecule has 76 valence electrons. The second kappa shape index (κ2) is 3.20. The van der Waals surface area contributed by atoms with Crippen molar-refractivity contribution in [2.75, 3.05) is 0 Å². The fourth-order valence-corrected chi connectivity index (χ4v) is 1.41. The van der Waals surface area contributed by atoms with Gasteiger partial charge in [0, 0.05) is 13.0 Å². The largest absolute Gasteiger partial charge is 0.618 e. The highest BCUT2D eigenvalue weighted by molar-refractivity contribution is 5.88. The van der Waals surface area contributed by atoms with Crippen LogP contribution in [0.15, 0.2) is 24.3 Å². The maximum atomic E-state index is 11.7. The lowest BCUT2D eigenvalue weighted by atomic mass is 10.2. The van der Waals surface area contributed by atoms with Gasteiger partial charge in [-0.3, -0.25) is 0 Å². The Kier molecular flexibility index (Phi) is 2.00. The van der Waals surface area contributed by atoms with Crippen molar-refractivity contribution in [3.05, 3.63) is 40.9 Å². The van der Waals surface area contributed by atoms with Gasteiger partial charge in [0.1, 0.15) is 5.52 Å². The number of aromatic carboxylic acids is 1. The van der Waals surface area contributed by atoms with Crippen LogP contribution in [0.3, 0.4) is 0 Å². The van der Waals surface area contributed by atoms with Gasteiger partial charge < -0.3 is 10.3 Å². The van der Waals surface area contributed by atoms with Crippen LogP contribution < -0.4 is 4.73 Å². The van der Waals surface area contributed by atoms with Gasteiger partial charge in [-0.25, -0.2) is 9.78 Å². The molecule has 0 saturated carbocycles. The molecule has 0 unspecified atom stereocenters. The van der Waals surface area contributed by atoms with E-state index in [4.69, 9.17) is 5.11 Å². The van der Waals surface area contributed by atoms with E-state index in [9.17, 15) is 10.0 Å². The number of carboxylic acids is 1. The maximum absolute atomic E-state index is 11.7. The van der Waals surface area contributed by atoms with Crippen molar-refractivity contribution in [1.82, 2.24) is 4.98 Å². The summed E-state index contributed by atoms with van der Waals surface area (Å²) in [6.07, 6.45) is 0. The molecule has 0 aliphatic rings. The minimum absolute atomic E-state index is 0.0983. The smallest absolute Gasteiger partial charge is 0.361 e. The molecule has 15 heavy (non-hydrogen) atoms. The molecule has 1 aromatic carbocycles. The monoisotopic (exact) mass is 204 g/mol. The van der Waals surface area contributed by atoms with Gasteiger partial charge in [0.25, 0.3) is 0 Å². The van der Waals surface area contributed by atoms with Crippen molar-refractivity contribution in [3.8, 4) is 0 Å². The summed E-state index contributed by atoms with van der Waals surface area (Å²) in [4.78, 5) is 14.7. The van der Waals surface area contributed by atoms with Gasteiger partial charge in [-0.05, 0) is 6.07 Å². The van der Waals surface area contributed by atoms with E-state index >= 15 is 0 Å². The molecule has 0 saturated heterocycles. The Hall–Kier alpha value is -2.17. The van der Waals surface area contributed by atoms with E-state index in [2.05, 4.69) is 4.98 Å². The fraction of sp³-hybridized carbons (Fsp3) is 0.100. The van der Waals surface area contributed by atoms with Crippen LogP contribution in [0.1, 0.15) is 16.2 Å². The fourth-order valence-electron chi connectivity index (χ4n) is 1.41. The van der Waals surface area contributed by atoms with Gasteiger partial charge in [0.15, 0.2) is 0 Å². The molecule has 0 fully saturated rings. The van der Waals surface area contributed by atoms with Crippen LogP contribution in [0.25, 0.3) is 11.0 Å². The molecule has 1 N–H and O–H groups in total. The molecule has 1 aromatic heterocycles. The zero-order chi connectivity index (χ0) is 11.0. The van der Waals surface area contributed by atoms with E-state index in [0.29, 0.717) is 15.8 Å². The third kappa shape index (κ3) is 1.38. The van der Waals surface area contributed by atoms with E-state index in [1.807, 2.05) is 0 Å². The number of carbonyl (C=O) groups is 1. The highest BCUT2D eigenvalue weighted by Gasteiger charge is 2.19. The average Bonchev–Trinajstić information content (AvgIpc) is 2.23. The Morgan fingerprint density at radius 1 is 1.47 bits per heavy atom. The van der Waals surface area contributed by atoms with Crippen LogP contribution in [0.5, 0.6) is 0 Å². The molecule has 0 atom stereocenters. The van der Waals surface area contributed by atoms with Crippen molar-refractivity contribution >= 4 is 17.0 Å². The standard InChI is InChI=1S/C10H8N2O3/c1-6-9(10(13)14)11-7-4-2-3-5-8(7)12(6)15/h2-5H,1H3,(H,13,14). The third-order valence-corrected chi connectivity index (χ3v) is 2.18. The Labute approximate surface area is 85.2 Å². The second-order valence-corrected chi connectivity index (χ2v) is 3.13. The Balaban J connectivity index is 2.88. The van der Waals surface area contributed by atoms with Crippen molar-refractivity contribution in [2.24, 2.45) is 0 Å². The van der Waals surface area contributed by atoms with Crippen molar-refractivity contribution in [2.45, 2.75) is 6.92 Å². The lowest BCUT2D eigenvalue weighted by Gasteiger charge is -2.05. The summed E-state index contributed by atoms with van der Waals surface area (Å²) >= 11 is 0. The van der Waals surface area contributed by atoms with Crippen LogP contribution in [-0.2, 0) is 0 Å². The van der Waals surface area contributed by atoms with Gasteiger partial charge in [0.2, 0.25) is 16.9 Å². The predicted octanol–water partition coefficient (Wildman–Crippen LogP) is 0.875. The number of nitrogens with zero attached hydrogens (tertiary/aromatic N) is 2. The highest BCUT2D eigenvalue weighted by Crippen LogP contribution is 2.10. The Morgan fingerprint density at radius 3 is 2.80 bits per heavy atom. The summed E-state index contributed by atoms with van der Waals surface area (Å²) in [5.41, 5.74) is 0.653. The topological polar surface area (TPSA) is 77.1 Å². The second-order valence-electron chi connectivity index (χ2n) is 3.13. The zero-order valence-electron chi connectivity index (χ0n) is 7.97. The number of hydrogen-bond acceptors (Lipinski definition) is 3. The molecule has 0 amide bonds. The average molecular weight is 204 g/mol. The molecule has 0 spiro atoms. The van der Waals surface area contributed by atoms with E-state index in [-0.39, 0.29) is 11.4 Å². The summed E-state index contributed by atoms with van der Waals surface area (Å²) in [5, 5.41) is 20.5. The van der Waals surface area contributed by atoms with E-state index < -0.39 is 5.97 Å². The third-order valence-electron chi connectivity index (χ3n) is 2.18. The normalized spacial score (nSPS) is 10.5. The minimum Gasteiger partial charge on any atom is -0.618 e. The number of fused-ring (bicyclic) bond motifs is 1. The highest BCUT2D eigenvalue weighted by atomic mass is 16.5. The van der Waals surface area contributed by atoms with Gasteiger partial charge in [-0.15, -0.1) is 0 Å². The van der Waals surface area contributed by atoms with Gasteiger partial charge in [0.05, 0.1) is 0 Å². The maximum Gasteiger partial charge on any atom is 0.361 e. The van der Waals surface area contributed by atoms with Crippen LogP contribution in [0, 0.1) is 12.1 Å². The molecule has 2 aromatic rings. The number of aromatic nitrogens is 2. The van der Waals surface area contributed by atoms with Crippen molar-refractivity contribution < 1.29 is 14.6 Å². The lowest BCUT2D eigenvalue weighted by Crippen LogP contribution is -2.34. The van der Waals surface area contributed by atoms with Gasteiger partial charge in [-0.1, -0.05) is 12.1 Å². The summed E-state index contributed by atoms with van der Waals surface area (Å²) in [5.74, 6) is -1.19. The van der Waals surface area contributed by atoms with E-state index in [1.165, 1.54) is 6.92 Å². The SMILES string of the molecule is Cc1c(C(=O)O)nc2ccccc2[n+]1[O-]. The molecular weight excluding hydrogens is 196 g/mol. The quantitative estimate of drug-likeness (QED) is 0.552. The summed E-state index contributed by atoms with van der Waals surface area (Å²) in [6.45, 7) is 1.44. The molecule has 1 heterocycles. The first-order valence-corrected chi connectivity index (χ1v) is 4.33. The molecule has 2 rings (SSSR count). The number of carboxylic acid groups (broad SMARTS) is 1. The first-order valence-electron chi connectivity index (χ1n) is 4.33. The number of rotatable bonds is 1. The summed E-state index contributed by atoms with van der Waals surface area (Å²) < 4.78 is 0.589. The molecule has 0 aliphatic carbocycles. The number of para-hydroxylation sites is 2. The Bertz CT molecular complexity index is 552. The first-order chi connectivity index (χ1) is 7.11. The summed E-state index contributed by atoms with van der Waals surface area (Å²) in [7, 11) is 0. The summed E-state index contributed by atoms with van der Waals surface area (Å²) in [6, 6.07) is 6.62. The van der Waals surface area contributed by atoms with Gasteiger partial charge >= 0.3 is 5.97 Å². The van der Waals surface area contributed by atoms with Crippen LogP contribution in [0.2, 0.25) is 0 Å². The van der Waals surface area contributed by atoms with Gasteiger partial charge in [-0.2, -0.15) is 4.73 Å². The molecule has 0 radical (unpaired) electrons. The molecule has 0 aliphatic heterocycles. The van der Waals surface area contributed by atoms with Crippen molar-refractivity contribution in [1.29, 1.82) is 0 Å². The predicted molar refractivity (Wildman–Crippen MR) is 52.4 cm³/mol. The lowest BCUT2D eigenvalue weighted by molar-refractivity contribution is -0.584. The number of hydrogen-bond donors (Lipinski definition) is 1. The van der Waals surface area contributed by atoms with Crippen LogP contribution >= 0.6 is 0 Å². The Morgan fingerprint density at radius 2 is 2.13 bits per heavy atom. The number of benzene rings is 1. The minimum atomic E-state index is -1.19. The molecule has 5 heteroatoms. The van der Waals surface area contributed by atoms with Crippen molar-refractivity contribution in [3.63, 3.8) is 0 Å². The van der Waals surface area contributed by atoms with E-state index in [1.54, 1.807) is 24.3 Å². The molecule has 5 nitrogen and oxygen atoms in total. The zero-order valence-corrected chi connectivity index (χ0v) is 7.97. The molecular formula is C10H8N2O3. The van der Waals surface area contributed by atoms with Crippen LogP contribution in [0.4, 0.5) is 0 Å². The first kappa shape index (κ1) is 9.39. The van der Waals surface area contributed by atoms with Crippen LogP contribution in [-0.4, -0.2) is 16.1 Å².